The van der Waals surface area contributed by atoms with Gasteiger partial charge in [0.1, 0.15) is 0 Å². The number of halogens is 1. The summed E-state index contributed by atoms with van der Waals surface area (Å²) in [5.41, 5.74) is 1.97. The van der Waals surface area contributed by atoms with Crippen LogP contribution >= 0.6 is 11.6 Å². The molecular formula is C14H19ClN4. The molecule has 19 heavy (non-hydrogen) atoms. The van der Waals surface area contributed by atoms with Crippen LogP contribution in [-0.2, 0) is 0 Å². The van der Waals surface area contributed by atoms with Crippen LogP contribution in [0, 0.1) is 0 Å². The highest BCUT2D eigenvalue weighted by Gasteiger charge is 2.22. The van der Waals surface area contributed by atoms with E-state index < -0.39 is 0 Å². The molecular weight excluding hydrogens is 260 g/mol. The molecule has 2 heterocycles. The largest absolute Gasteiger partial charge is 0.245 e. The van der Waals surface area contributed by atoms with Crippen molar-refractivity contribution in [2.45, 2.75) is 57.9 Å². The van der Waals surface area contributed by atoms with Crippen LogP contribution in [0.15, 0.2) is 6.20 Å². The van der Waals surface area contributed by atoms with Gasteiger partial charge in [0.15, 0.2) is 5.65 Å². The van der Waals surface area contributed by atoms with E-state index in [4.69, 9.17) is 11.6 Å². The van der Waals surface area contributed by atoms with Crippen LogP contribution in [0.3, 0.4) is 0 Å². The van der Waals surface area contributed by atoms with Crippen molar-refractivity contribution in [1.29, 1.82) is 0 Å². The highest BCUT2D eigenvalue weighted by atomic mass is 35.5. The number of aromatic nitrogens is 4. The van der Waals surface area contributed by atoms with Gasteiger partial charge < -0.3 is 0 Å². The monoisotopic (exact) mass is 278 g/mol. The number of rotatable bonds is 2. The second-order valence-corrected chi connectivity index (χ2v) is 5.97. The zero-order valence-corrected chi connectivity index (χ0v) is 12.2. The third kappa shape index (κ3) is 2.34. The van der Waals surface area contributed by atoms with Gasteiger partial charge in [0.2, 0.25) is 5.28 Å². The quantitative estimate of drug-likeness (QED) is 0.777. The number of nitrogens with zero attached hydrogens (tertiary/aromatic N) is 4. The SMILES string of the molecule is CC(C)n1ncc2c(C3CCCCC3)nc(Cl)nc21. The van der Waals surface area contributed by atoms with Gasteiger partial charge in [-0.3, -0.25) is 0 Å². The molecule has 0 radical (unpaired) electrons. The van der Waals surface area contributed by atoms with E-state index in [2.05, 4.69) is 28.9 Å². The van der Waals surface area contributed by atoms with E-state index in [0.29, 0.717) is 11.2 Å². The Morgan fingerprint density at radius 1 is 1.21 bits per heavy atom. The molecule has 0 N–H and O–H groups in total. The van der Waals surface area contributed by atoms with Crippen LogP contribution in [0.4, 0.5) is 0 Å². The summed E-state index contributed by atoms with van der Waals surface area (Å²) in [6.45, 7) is 4.20. The predicted molar refractivity (Wildman–Crippen MR) is 76.5 cm³/mol. The van der Waals surface area contributed by atoms with Crippen molar-refractivity contribution in [1.82, 2.24) is 19.7 Å². The third-order valence-corrected chi connectivity index (χ3v) is 4.11. The topological polar surface area (TPSA) is 43.6 Å². The van der Waals surface area contributed by atoms with Gasteiger partial charge in [0.05, 0.1) is 17.3 Å². The third-order valence-electron chi connectivity index (χ3n) is 3.94. The van der Waals surface area contributed by atoms with Crippen molar-refractivity contribution in [3.8, 4) is 0 Å². The van der Waals surface area contributed by atoms with Crippen molar-refractivity contribution in [2.24, 2.45) is 0 Å². The van der Waals surface area contributed by atoms with Gasteiger partial charge in [-0.25, -0.2) is 9.67 Å². The molecule has 102 valence electrons. The van der Waals surface area contributed by atoms with Gasteiger partial charge in [-0.05, 0) is 38.3 Å². The summed E-state index contributed by atoms with van der Waals surface area (Å²) in [5.74, 6) is 0.515. The molecule has 1 saturated carbocycles. The first kappa shape index (κ1) is 12.9. The molecule has 5 heteroatoms. The lowest BCUT2D eigenvalue weighted by Crippen LogP contribution is -2.09. The minimum absolute atomic E-state index is 0.280. The molecule has 0 spiro atoms. The molecule has 4 nitrogen and oxygen atoms in total. The molecule has 0 unspecified atom stereocenters. The van der Waals surface area contributed by atoms with Crippen LogP contribution in [0.1, 0.15) is 63.6 Å². The van der Waals surface area contributed by atoms with E-state index in [9.17, 15) is 0 Å². The Bertz CT molecular complexity index is 584. The van der Waals surface area contributed by atoms with E-state index in [1.165, 1.54) is 32.1 Å². The van der Waals surface area contributed by atoms with Crippen LogP contribution < -0.4 is 0 Å². The Balaban J connectivity index is 2.13. The summed E-state index contributed by atoms with van der Waals surface area (Å²) in [6.07, 6.45) is 8.21. The van der Waals surface area contributed by atoms with Crippen molar-refractivity contribution in [3.05, 3.63) is 17.2 Å². The van der Waals surface area contributed by atoms with E-state index in [-0.39, 0.29) is 6.04 Å². The van der Waals surface area contributed by atoms with Gasteiger partial charge in [-0.1, -0.05) is 19.3 Å². The Labute approximate surface area is 118 Å². The summed E-state index contributed by atoms with van der Waals surface area (Å²) in [7, 11) is 0. The molecule has 0 aromatic carbocycles. The zero-order valence-electron chi connectivity index (χ0n) is 11.4. The minimum Gasteiger partial charge on any atom is -0.245 e. The standard InChI is InChI=1S/C14H19ClN4/c1-9(2)19-13-11(8-16-19)12(17-14(15)18-13)10-6-4-3-5-7-10/h8-10H,3-7H2,1-2H3. The first-order valence-corrected chi connectivity index (χ1v) is 7.45. The maximum absolute atomic E-state index is 6.11. The molecule has 2 aromatic rings. The molecule has 0 bridgehead atoms. The summed E-state index contributed by atoms with van der Waals surface area (Å²) >= 11 is 6.11. The van der Waals surface area contributed by atoms with Gasteiger partial charge in [-0.15, -0.1) is 0 Å². The molecule has 1 aliphatic carbocycles. The molecule has 1 fully saturated rings. The number of fused-ring (bicyclic) bond motifs is 1. The minimum atomic E-state index is 0.280. The highest BCUT2D eigenvalue weighted by Crippen LogP contribution is 2.35. The van der Waals surface area contributed by atoms with Crippen molar-refractivity contribution >= 4 is 22.6 Å². The van der Waals surface area contributed by atoms with Crippen LogP contribution in [0.5, 0.6) is 0 Å². The van der Waals surface area contributed by atoms with Crippen LogP contribution in [0.25, 0.3) is 11.0 Å². The lowest BCUT2D eigenvalue weighted by Gasteiger charge is -2.21. The average molecular weight is 279 g/mol. The Hall–Kier alpha value is -1.16. The summed E-state index contributed by atoms with van der Waals surface area (Å²) in [4.78, 5) is 8.87. The molecule has 0 aliphatic heterocycles. The fourth-order valence-electron chi connectivity index (χ4n) is 2.99. The van der Waals surface area contributed by atoms with Crippen molar-refractivity contribution in [2.75, 3.05) is 0 Å². The van der Waals surface area contributed by atoms with Gasteiger partial charge in [0, 0.05) is 12.0 Å². The fraction of sp³-hybridized carbons (Fsp3) is 0.643. The van der Waals surface area contributed by atoms with Crippen LogP contribution in [0.2, 0.25) is 5.28 Å². The smallest absolute Gasteiger partial charge is 0.224 e. The maximum Gasteiger partial charge on any atom is 0.224 e. The van der Waals surface area contributed by atoms with Gasteiger partial charge >= 0.3 is 0 Å². The summed E-state index contributed by atoms with van der Waals surface area (Å²) in [5, 5.41) is 5.86. The van der Waals surface area contributed by atoms with Crippen LogP contribution in [-0.4, -0.2) is 19.7 Å². The summed E-state index contributed by atoms with van der Waals surface area (Å²) < 4.78 is 1.93. The summed E-state index contributed by atoms with van der Waals surface area (Å²) in [6, 6.07) is 0.280. The lowest BCUT2D eigenvalue weighted by atomic mass is 9.86. The van der Waals surface area contributed by atoms with Gasteiger partial charge in [-0.2, -0.15) is 10.1 Å². The zero-order chi connectivity index (χ0) is 13.4. The van der Waals surface area contributed by atoms with Crippen molar-refractivity contribution < 1.29 is 0 Å². The molecule has 3 rings (SSSR count). The van der Waals surface area contributed by atoms with E-state index in [1.807, 2.05) is 10.9 Å². The number of hydrogen-bond acceptors (Lipinski definition) is 3. The molecule has 0 saturated heterocycles. The van der Waals surface area contributed by atoms with Crippen molar-refractivity contribution in [3.63, 3.8) is 0 Å². The normalized spacial score (nSPS) is 17.5. The van der Waals surface area contributed by atoms with E-state index >= 15 is 0 Å². The highest BCUT2D eigenvalue weighted by molar-refractivity contribution is 6.28. The second kappa shape index (κ2) is 5.08. The van der Waals surface area contributed by atoms with Gasteiger partial charge in [0.25, 0.3) is 0 Å². The number of hydrogen-bond donors (Lipinski definition) is 0. The van der Waals surface area contributed by atoms with E-state index in [1.54, 1.807) is 0 Å². The Morgan fingerprint density at radius 3 is 2.63 bits per heavy atom. The average Bonchev–Trinajstić information content (AvgIpc) is 2.82. The maximum atomic E-state index is 6.11. The molecule has 0 amide bonds. The first-order valence-electron chi connectivity index (χ1n) is 7.07. The Morgan fingerprint density at radius 2 is 1.95 bits per heavy atom. The van der Waals surface area contributed by atoms with E-state index in [0.717, 1.165) is 16.7 Å². The molecule has 2 aromatic heterocycles. The fourth-order valence-corrected chi connectivity index (χ4v) is 3.16. The Kier molecular flexibility index (Phi) is 3.44. The predicted octanol–water partition coefficient (Wildman–Crippen LogP) is 4.11. The molecule has 1 aliphatic rings. The first-order chi connectivity index (χ1) is 9.16. The lowest BCUT2D eigenvalue weighted by molar-refractivity contribution is 0.438. The molecule has 0 atom stereocenters. The second-order valence-electron chi connectivity index (χ2n) is 5.63.